The minimum atomic E-state index is -0.368. The van der Waals surface area contributed by atoms with E-state index >= 15 is 0 Å². The van der Waals surface area contributed by atoms with Crippen LogP contribution in [0.2, 0.25) is 0 Å². The van der Waals surface area contributed by atoms with Crippen LogP contribution in [0.1, 0.15) is 34.3 Å². The molecule has 0 saturated heterocycles. The molecule has 1 N–H and O–H groups in total. The van der Waals surface area contributed by atoms with Gasteiger partial charge in [-0.1, -0.05) is 12.1 Å². The first kappa shape index (κ1) is 15.0. The Balaban J connectivity index is 1.31. The number of aromatic nitrogens is 3. The van der Waals surface area contributed by atoms with Gasteiger partial charge in [-0.2, -0.15) is 0 Å². The van der Waals surface area contributed by atoms with Crippen molar-refractivity contribution in [3.63, 3.8) is 0 Å². The third kappa shape index (κ3) is 3.21. The molecule has 24 heavy (non-hydrogen) atoms. The van der Waals surface area contributed by atoms with E-state index < -0.39 is 0 Å². The van der Waals surface area contributed by atoms with Crippen LogP contribution in [-0.4, -0.2) is 34.1 Å². The van der Waals surface area contributed by atoms with E-state index in [1.807, 2.05) is 24.3 Å². The fourth-order valence-electron chi connectivity index (χ4n) is 2.43. The van der Waals surface area contributed by atoms with E-state index in [-0.39, 0.29) is 12.6 Å². The minimum absolute atomic E-state index is 0.257. The van der Waals surface area contributed by atoms with Gasteiger partial charge in [0.2, 0.25) is 0 Å². The molecule has 1 aliphatic rings. The molecule has 1 saturated carbocycles. The molecule has 2 heterocycles. The third-order valence-corrected chi connectivity index (χ3v) is 4.84. The summed E-state index contributed by atoms with van der Waals surface area (Å²) in [6, 6.07) is 7.77. The number of fused-ring (bicyclic) bond motifs is 1. The molecule has 0 aliphatic heterocycles. The molecule has 0 amide bonds. The Hall–Kier alpha value is -2.54. The molecule has 0 radical (unpaired) electrons. The molecule has 6 nitrogen and oxygen atoms in total. The maximum Gasteiger partial charge on any atom is 0.357 e. The molecule has 1 aromatic carbocycles. The zero-order valence-corrected chi connectivity index (χ0v) is 13.8. The number of anilines is 1. The number of carbonyl (C=O) groups excluding carboxylic acids is 1. The number of nitrogens with one attached hydrogen (secondary N) is 1. The van der Waals surface area contributed by atoms with Gasteiger partial charge in [0, 0.05) is 16.7 Å². The number of para-hydroxylation sites is 1. The first-order valence-corrected chi connectivity index (χ1v) is 8.75. The lowest BCUT2D eigenvalue weighted by Crippen LogP contribution is -2.15. The molecule has 0 spiro atoms. The van der Waals surface area contributed by atoms with Gasteiger partial charge in [0.1, 0.15) is 18.8 Å². The molecule has 3 aromatic rings. The maximum atomic E-state index is 12.0. The Labute approximate surface area is 142 Å². The Kier molecular flexibility index (Phi) is 4.08. The summed E-state index contributed by atoms with van der Waals surface area (Å²) >= 11 is 1.54. The summed E-state index contributed by atoms with van der Waals surface area (Å²) < 4.78 is 5.27. The van der Waals surface area contributed by atoms with Gasteiger partial charge in [-0.25, -0.2) is 19.7 Å². The number of rotatable bonds is 6. The Morgan fingerprint density at radius 3 is 3.04 bits per heavy atom. The van der Waals surface area contributed by atoms with E-state index in [2.05, 4.69) is 20.3 Å². The summed E-state index contributed by atoms with van der Waals surface area (Å²) in [6.45, 7) is 0.736. The van der Waals surface area contributed by atoms with Crippen molar-refractivity contribution in [2.45, 2.75) is 18.8 Å². The lowest BCUT2D eigenvalue weighted by Gasteiger charge is -2.08. The van der Waals surface area contributed by atoms with E-state index in [0.717, 1.165) is 21.7 Å². The van der Waals surface area contributed by atoms with Crippen molar-refractivity contribution in [3.8, 4) is 0 Å². The third-order valence-electron chi connectivity index (χ3n) is 3.83. The molecular formula is C17H16N4O2S. The van der Waals surface area contributed by atoms with Crippen LogP contribution in [0.5, 0.6) is 0 Å². The van der Waals surface area contributed by atoms with Crippen LogP contribution in [0, 0.1) is 0 Å². The van der Waals surface area contributed by atoms with Gasteiger partial charge in [-0.15, -0.1) is 11.3 Å². The van der Waals surface area contributed by atoms with Crippen molar-refractivity contribution in [2.24, 2.45) is 0 Å². The van der Waals surface area contributed by atoms with Crippen LogP contribution < -0.4 is 5.32 Å². The van der Waals surface area contributed by atoms with E-state index in [0.29, 0.717) is 18.2 Å². The number of benzene rings is 1. The highest BCUT2D eigenvalue weighted by Gasteiger charge is 2.27. The van der Waals surface area contributed by atoms with E-state index in [9.17, 15) is 4.79 Å². The van der Waals surface area contributed by atoms with E-state index in [4.69, 9.17) is 4.74 Å². The SMILES string of the molecule is O=C(OCCNc1ncnc2ccccc12)c1csc(C2CC2)n1. The van der Waals surface area contributed by atoms with Crippen LogP contribution in [0.25, 0.3) is 10.9 Å². The van der Waals surface area contributed by atoms with Crippen molar-refractivity contribution >= 4 is 34.0 Å². The molecule has 0 bridgehead atoms. The van der Waals surface area contributed by atoms with Crippen LogP contribution in [-0.2, 0) is 4.74 Å². The Morgan fingerprint density at radius 2 is 2.17 bits per heavy atom. The second-order valence-corrected chi connectivity index (χ2v) is 6.54. The molecule has 2 aromatic heterocycles. The summed E-state index contributed by atoms with van der Waals surface area (Å²) in [4.78, 5) is 24.8. The molecule has 1 aliphatic carbocycles. The highest BCUT2D eigenvalue weighted by Crippen LogP contribution is 2.41. The van der Waals surface area contributed by atoms with Crippen LogP contribution >= 0.6 is 11.3 Å². The fourth-order valence-corrected chi connectivity index (χ4v) is 3.39. The molecule has 7 heteroatoms. The monoisotopic (exact) mass is 340 g/mol. The number of ether oxygens (including phenoxy) is 1. The number of hydrogen-bond acceptors (Lipinski definition) is 7. The summed E-state index contributed by atoms with van der Waals surface area (Å²) in [5, 5.41) is 6.95. The van der Waals surface area contributed by atoms with Gasteiger partial charge < -0.3 is 10.1 Å². The average molecular weight is 340 g/mol. The predicted molar refractivity (Wildman–Crippen MR) is 92.4 cm³/mol. The van der Waals surface area contributed by atoms with Gasteiger partial charge in [0.25, 0.3) is 0 Å². The predicted octanol–water partition coefficient (Wildman–Crippen LogP) is 3.23. The summed E-state index contributed by atoms with van der Waals surface area (Å²) in [7, 11) is 0. The van der Waals surface area contributed by atoms with Crippen LogP contribution in [0.15, 0.2) is 36.0 Å². The Morgan fingerprint density at radius 1 is 1.29 bits per heavy atom. The van der Waals surface area contributed by atoms with Crippen molar-refractivity contribution in [1.29, 1.82) is 0 Å². The lowest BCUT2D eigenvalue weighted by atomic mass is 10.2. The molecular weight excluding hydrogens is 324 g/mol. The lowest BCUT2D eigenvalue weighted by molar-refractivity contribution is 0.0514. The van der Waals surface area contributed by atoms with Crippen molar-refractivity contribution in [3.05, 3.63) is 46.7 Å². The van der Waals surface area contributed by atoms with Crippen molar-refractivity contribution in [1.82, 2.24) is 15.0 Å². The number of hydrogen-bond donors (Lipinski definition) is 1. The molecule has 0 unspecified atom stereocenters. The highest BCUT2D eigenvalue weighted by atomic mass is 32.1. The Bertz CT molecular complexity index is 870. The molecule has 0 atom stereocenters. The minimum Gasteiger partial charge on any atom is -0.459 e. The van der Waals surface area contributed by atoms with Crippen LogP contribution in [0.4, 0.5) is 5.82 Å². The average Bonchev–Trinajstić information content (AvgIpc) is 3.35. The second kappa shape index (κ2) is 6.52. The quantitative estimate of drug-likeness (QED) is 0.548. The number of esters is 1. The highest BCUT2D eigenvalue weighted by molar-refractivity contribution is 7.10. The zero-order chi connectivity index (χ0) is 16.4. The van der Waals surface area contributed by atoms with Gasteiger partial charge in [0.05, 0.1) is 17.1 Å². The standard InChI is InChI=1S/C17H16N4O2S/c22-17(14-9-24-16(21-14)11-5-6-11)23-8-7-18-15-12-3-1-2-4-13(12)19-10-20-15/h1-4,9-11H,5-8H2,(H,18,19,20). The number of carbonyl (C=O) groups is 1. The smallest absolute Gasteiger partial charge is 0.357 e. The first-order valence-electron chi connectivity index (χ1n) is 7.87. The number of thiazole rings is 1. The molecule has 1 fully saturated rings. The van der Waals surface area contributed by atoms with E-state index in [1.54, 1.807) is 16.7 Å². The normalized spacial score (nSPS) is 13.8. The van der Waals surface area contributed by atoms with Crippen molar-refractivity contribution < 1.29 is 9.53 Å². The first-order chi connectivity index (χ1) is 11.8. The van der Waals surface area contributed by atoms with Gasteiger partial charge in [-0.05, 0) is 25.0 Å². The van der Waals surface area contributed by atoms with Gasteiger partial charge in [-0.3, -0.25) is 0 Å². The maximum absolute atomic E-state index is 12.0. The van der Waals surface area contributed by atoms with Gasteiger partial charge >= 0.3 is 5.97 Å². The van der Waals surface area contributed by atoms with E-state index in [1.165, 1.54) is 19.2 Å². The fraction of sp³-hybridized carbons (Fsp3) is 0.294. The summed E-state index contributed by atoms with van der Waals surface area (Å²) in [5.41, 5.74) is 1.29. The number of nitrogens with zero attached hydrogens (tertiary/aromatic N) is 3. The molecule has 4 rings (SSSR count). The second-order valence-electron chi connectivity index (χ2n) is 5.65. The van der Waals surface area contributed by atoms with Gasteiger partial charge in [0.15, 0.2) is 5.69 Å². The van der Waals surface area contributed by atoms with Crippen molar-refractivity contribution in [2.75, 3.05) is 18.5 Å². The topological polar surface area (TPSA) is 77.0 Å². The summed E-state index contributed by atoms with van der Waals surface area (Å²) in [6.07, 6.45) is 3.88. The zero-order valence-electron chi connectivity index (χ0n) is 12.9. The van der Waals surface area contributed by atoms with Crippen LogP contribution in [0.3, 0.4) is 0 Å². The molecule has 122 valence electrons. The summed E-state index contributed by atoms with van der Waals surface area (Å²) in [5.74, 6) is 0.929. The largest absolute Gasteiger partial charge is 0.459 e.